The Labute approximate surface area is 106 Å². The van der Waals surface area contributed by atoms with Gasteiger partial charge in [0.2, 0.25) is 10.0 Å². The number of hydrogen-bond donors (Lipinski definition) is 3. The van der Waals surface area contributed by atoms with Gasteiger partial charge < -0.3 is 5.73 Å². The summed E-state index contributed by atoms with van der Waals surface area (Å²) in [5.74, 6) is -0.916. The van der Waals surface area contributed by atoms with Crippen molar-refractivity contribution in [1.29, 1.82) is 5.41 Å². The summed E-state index contributed by atoms with van der Waals surface area (Å²) in [4.78, 5) is -0.396. The van der Waals surface area contributed by atoms with Gasteiger partial charge in [0.15, 0.2) is 0 Å². The molecule has 0 bridgehead atoms. The summed E-state index contributed by atoms with van der Waals surface area (Å²) >= 11 is 0. The molecule has 0 aliphatic heterocycles. The number of rotatable bonds is 6. The molecule has 0 spiro atoms. The monoisotopic (exact) mass is 273 g/mol. The van der Waals surface area contributed by atoms with Gasteiger partial charge >= 0.3 is 0 Å². The van der Waals surface area contributed by atoms with Gasteiger partial charge in [-0.05, 0) is 18.6 Å². The summed E-state index contributed by atoms with van der Waals surface area (Å²) in [7, 11) is -3.93. The Balaban J connectivity index is 2.94. The van der Waals surface area contributed by atoms with E-state index in [0.717, 1.165) is 6.07 Å². The molecular weight excluding hydrogens is 257 g/mol. The third-order valence-electron chi connectivity index (χ3n) is 2.41. The van der Waals surface area contributed by atoms with E-state index in [1.165, 1.54) is 18.2 Å². The van der Waals surface area contributed by atoms with Gasteiger partial charge in [-0.25, -0.2) is 17.5 Å². The maximum Gasteiger partial charge on any atom is 0.243 e. The van der Waals surface area contributed by atoms with Crippen molar-refractivity contribution in [3.8, 4) is 0 Å². The molecule has 4 N–H and O–H groups in total. The minimum absolute atomic E-state index is 0.101. The SMILES string of the molecule is CCC(CC(=N)N)NS(=O)(=O)c1ccccc1F. The summed E-state index contributed by atoms with van der Waals surface area (Å²) in [6.07, 6.45) is 0.567. The highest BCUT2D eigenvalue weighted by molar-refractivity contribution is 7.89. The average Bonchev–Trinajstić information content (AvgIpc) is 2.27. The molecule has 0 radical (unpaired) electrons. The van der Waals surface area contributed by atoms with Crippen LogP contribution in [0.25, 0.3) is 0 Å². The van der Waals surface area contributed by atoms with Crippen molar-refractivity contribution in [2.75, 3.05) is 0 Å². The van der Waals surface area contributed by atoms with Gasteiger partial charge in [0, 0.05) is 12.5 Å². The van der Waals surface area contributed by atoms with Crippen LogP contribution in [0.5, 0.6) is 0 Å². The standard InChI is InChI=1S/C11H16FN3O2S/c1-2-8(7-11(13)14)15-18(16,17)10-6-4-3-5-9(10)12/h3-6,8,15H,2,7H2,1H3,(H3,13,14). The van der Waals surface area contributed by atoms with E-state index in [0.29, 0.717) is 6.42 Å². The highest BCUT2D eigenvalue weighted by Crippen LogP contribution is 2.14. The first-order chi connectivity index (χ1) is 8.36. The number of hydrogen-bond acceptors (Lipinski definition) is 3. The molecule has 1 atom stereocenters. The fourth-order valence-corrected chi connectivity index (χ4v) is 2.88. The van der Waals surface area contributed by atoms with Gasteiger partial charge in [0.1, 0.15) is 10.7 Å². The zero-order valence-corrected chi connectivity index (χ0v) is 10.8. The van der Waals surface area contributed by atoms with Crippen LogP contribution in [0.4, 0.5) is 4.39 Å². The van der Waals surface area contributed by atoms with Crippen LogP contribution in [0.1, 0.15) is 19.8 Å². The van der Waals surface area contributed by atoms with Crippen LogP contribution in [0.3, 0.4) is 0 Å². The quantitative estimate of drug-likeness (QED) is 0.537. The average molecular weight is 273 g/mol. The Kier molecular flexibility index (Phi) is 4.80. The van der Waals surface area contributed by atoms with Crippen molar-refractivity contribution >= 4 is 15.9 Å². The molecule has 0 heterocycles. The number of nitrogens with one attached hydrogen (secondary N) is 2. The normalized spacial score (nSPS) is 13.2. The summed E-state index contributed by atoms with van der Waals surface area (Å²) in [6, 6.07) is 4.63. The molecule has 18 heavy (non-hydrogen) atoms. The van der Waals surface area contributed by atoms with Crippen LogP contribution in [-0.4, -0.2) is 20.3 Å². The lowest BCUT2D eigenvalue weighted by Gasteiger charge is -2.16. The molecule has 1 unspecified atom stereocenters. The van der Waals surface area contributed by atoms with E-state index in [2.05, 4.69) is 4.72 Å². The second-order valence-electron chi connectivity index (χ2n) is 3.89. The fourth-order valence-electron chi connectivity index (χ4n) is 1.48. The predicted octanol–water partition coefficient (Wildman–Crippen LogP) is 1.21. The molecule has 0 saturated carbocycles. The zero-order chi connectivity index (χ0) is 13.8. The van der Waals surface area contributed by atoms with Crippen LogP contribution >= 0.6 is 0 Å². The van der Waals surface area contributed by atoms with Crippen molar-refractivity contribution in [2.45, 2.75) is 30.7 Å². The number of nitrogens with two attached hydrogens (primary N) is 1. The molecule has 0 saturated heterocycles. The van der Waals surface area contributed by atoms with Crippen molar-refractivity contribution in [3.05, 3.63) is 30.1 Å². The molecule has 100 valence electrons. The molecule has 0 fully saturated rings. The Hall–Kier alpha value is -1.47. The molecule has 1 aromatic rings. The number of benzene rings is 1. The van der Waals surface area contributed by atoms with Gasteiger partial charge in [0.05, 0.1) is 5.84 Å². The number of halogens is 1. The topological polar surface area (TPSA) is 96.0 Å². The maximum atomic E-state index is 13.4. The van der Waals surface area contributed by atoms with Gasteiger partial charge in [-0.1, -0.05) is 19.1 Å². The summed E-state index contributed by atoms with van der Waals surface area (Å²) in [5, 5.41) is 7.15. The second kappa shape index (κ2) is 5.92. The van der Waals surface area contributed by atoms with Crippen molar-refractivity contribution in [2.24, 2.45) is 5.73 Å². The van der Waals surface area contributed by atoms with Crippen molar-refractivity contribution in [1.82, 2.24) is 4.72 Å². The molecule has 7 heteroatoms. The highest BCUT2D eigenvalue weighted by Gasteiger charge is 2.22. The van der Waals surface area contributed by atoms with E-state index < -0.39 is 26.8 Å². The van der Waals surface area contributed by atoms with Crippen LogP contribution in [0.15, 0.2) is 29.2 Å². The lowest BCUT2D eigenvalue weighted by atomic mass is 10.1. The molecule has 1 aromatic carbocycles. The number of amidine groups is 1. The molecule has 0 amide bonds. The summed E-state index contributed by atoms with van der Waals surface area (Å²) < 4.78 is 39.6. The molecule has 0 aromatic heterocycles. The van der Waals surface area contributed by atoms with E-state index in [9.17, 15) is 12.8 Å². The second-order valence-corrected chi connectivity index (χ2v) is 5.57. The Morgan fingerprint density at radius 3 is 2.61 bits per heavy atom. The smallest absolute Gasteiger partial charge is 0.243 e. The zero-order valence-electron chi connectivity index (χ0n) is 9.98. The molecule has 0 aliphatic rings. The third kappa shape index (κ3) is 3.78. The predicted molar refractivity (Wildman–Crippen MR) is 67.3 cm³/mol. The van der Waals surface area contributed by atoms with Crippen molar-refractivity contribution < 1.29 is 12.8 Å². The first-order valence-electron chi connectivity index (χ1n) is 5.46. The largest absolute Gasteiger partial charge is 0.388 e. The van der Waals surface area contributed by atoms with E-state index >= 15 is 0 Å². The van der Waals surface area contributed by atoms with E-state index in [1.807, 2.05) is 0 Å². The van der Waals surface area contributed by atoms with Crippen LogP contribution in [0, 0.1) is 11.2 Å². The third-order valence-corrected chi connectivity index (χ3v) is 3.96. The summed E-state index contributed by atoms with van der Waals surface area (Å²) in [5.41, 5.74) is 5.23. The minimum Gasteiger partial charge on any atom is -0.388 e. The fraction of sp³-hybridized carbons (Fsp3) is 0.364. The molecular formula is C11H16FN3O2S. The molecule has 5 nitrogen and oxygen atoms in total. The first kappa shape index (κ1) is 14.6. The van der Waals surface area contributed by atoms with Gasteiger partial charge in [-0.3, -0.25) is 5.41 Å². The van der Waals surface area contributed by atoms with Gasteiger partial charge in [-0.2, -0.15) is 0 Å². The van der Waals surface area contributed by atoms with E-state index in [4.69, 9.17) is 11.1 Å². The van der Waals surface area contributed by atoms with Gasteiger partial charge in [0.25, 0.3) is 0 Å². The lowest BCUT2D eigenvalue weighted by molar-refractivity contribution is 0.532. The minimum atomic E-state index is -3.93. The Morgan fingerprint density at radius 1 is 1.50 bits per heavy atom. The van der Waals surface area contributed by atoms with E-state index in [1.54, 1.807) is 6.92 Å². The highest BCUT2D eigenvalue weighted by atomic mass is 32.2. The summed E-state index contributed by atoms with van der Waals surface area (Å²) in [6.45, 7) is 1.76. The lowest BCUT2D eigenvalue weighted by Crippen LogP contribution is -2.37. The number of sulfonamides is 1. The Morgan fingerprint density at radius 2 is 2.11 bits per heavy atom. The van der Waals surface area contributed by atoms with Crippen LogP contribution < -0.4 is 10.5 Å². The van der Waals surface area contributed by atoms with Crippen LogP contribution in [-0.2, 0) is 10.0 Å². The molecule has 1 rings (SSSR count). The van der Waals surface area contributed by atoms with Crippen molar-refractivity contribution in [3.63, 3.8) is 0 Å². The first-order valence-corrected chi connectivity index (χ1v) is 6.95. The molecule has 0 aliphatic carbocycles. The van der Waals surface area contributed by atoms with Crippen LogP contribution in [0.2, 0.25) is 0 Å². The van der Waals surface area contributed by atoms with Gasteiger partial charge in [-0.15, -0.1) is 0 Å². The van der Waals surface area contributed by atoms with E-state index in [-0.39, 0.29) is 12.3 Å². The maximum absolute atomic E-state index is 13.4. The Bertz CT molecular complexity index is 531.